The van der Waals surface area contributed by atoms with E-state index >= 15 is 0 Å². The molecule has 1 aliphatic heterocycles. The standard InChI is InChI=1S/C22H22N4O2S/c1-15-8-3-4-9-16(15)14-26-21(27)19-20(18(24-26)17-10-7-13-28-17)29-22(23-19)25-11-5-2-6-12-25/h3-4,7-10,13H,2,5-6,11-12,14H2,1H3. The molecule has 5 rings (SSSR count). The molecule has 1 saturated heterocycles. The number of aromatic nitrogens is 3. The highest BCUT2D eigenvalue weighted by molar-refractivity contribution is 7.22. The molecule has 0 saturated carbocycles. The highest BCUT2D eigenvalue weighted by atomic mass is 32.1. The van der Waals surface area contributed by atoms with E-state index in [1.807, 2.05) is 43.3 Å². The van der Waals surface area contributed by atoms with Crippen molar-refractivity contribution >= 4 is 26.7 Å². The van der Waals surface area contributed by atoms with E-state index in [0.29, 0.717) is 23.5 Å². The van der Waals surface area contributed by atoms with Crippen LogP contribution in [0, 0.1) is 6.92 Å². The Morgan fingerprint density at radius 1 is 1.10 bits per heavy atom. The van der Waals surface area contributed by atoms with Gasteiger partial charge < -0.3 is 9.32 Å². The molecule has 0 aliphatic carbocycles. The average Bonchev–Trinajstić information content (AvgIpc) is 3.43. The van der Waals surface area contributed by atoms with Gasteiger partial charge >= 0.3 is 0 Å². The van der Waals surface area contributed by atoms with Gasteiger partial charge in [-0.2, -0.15) is 5.10 Å². The lowest BCUT2D eigenvalue weighted by Crippen LogP contribution is -2.29. The lowest BCUT2D eigenvalue weighted by Gasteiger charge is -2.25. The number of thiazole rings is 1. The van der Waals surface area contributed by atoms with Crippen LogP contribution in [0.25, 0.3) is 21.7 Å². The first-order valence-electron chi connectivity index (χ1n) is 9.96. The Balaban J connectivity index is 1.67. The third kappa shape index (κ3) is 3.35. The van der Waals surface area contributed by atoms with E-state index in [4.69, 9.17) is 14.5 Å². The first-order valence-corrected chi connectivity index (χ1v) is 10.8. The molecule has 0 radical (unpaired) electrons. The second-order valence-corrected chi connectivity index (χ2v) is 8.41. The van der Waals surface area contributed by atoms with Gasteiger partial charge in [0.05, 0.1) is 17.5 Å². The van der Waals surface area contributed by atoms with Crippen molar-refractivity contribution in [2.45, 2.75) is 32.7 Å². The molecule has 4 aromatic rings. The van der Waals surface area contributed by atoms with Crippen LogP contribution in [0.5, 0.6) is 0 Å². The summed E-state index contributed by atoms with van der Waals surface area (Å²) in [6.07, 6.45) is 5.21. The van der Waals surface area contributed by atoms with Crippen LogP contribution in [-0.2, 0) is 6.54 Å². The second-order valence-electron chi connectivity index (χ2n) is 7.44. The summed E-state index contributed by atoms with van der Waals surface area (Å²) >= 11 is 1.54. The Morgan fingerprint density at radius 3 is 2.69 bits per heavy atom. The molecule has 4 heterocycles. The predicted molar refractivity (Wildman–Crippen MR) is 116 cm³/mol. The molecule has 0 amide bonds. The number of nitrogens with zero attached hydrogens (tertiary/aromatic N) is 4. The number of hydrogen-bond donors (Lipinski definition) is 0. The van der Waals surface area contributed by atoms with Crippen LogP contribution in [0.3, 0.4) is 0 Å². The van der Waals surface area contributed by atoms with E-state index in [0.717, 1.165) is 46.9 Å². The third-order valence-corrected chi connectivity index (χ3v) is 6.57. The number of hydrogen-bond acceptors (Lipinski definition) is 6. The molecule has 0 N–H and O–H groups in total. The minimum atomic E-state index is -0.155. The molecule has 148 valence electrons. The Bertz CT molecular complexity index is 1200. The summed E-state index contributed by atoms with van der Waals surface area (Å²) in [6.45, 7) is 4.43. The number of rotatable bonds is 4. The molecule has 1 aromatic carbocycles. The molecular formula is C22H22N4O2S. The molecule has 0 unspecified atom stereocenters. The van der Waals surface area contributed by atoms with E-state index in [1.54, 1.807) is 6.26 Å². The monoisotopic (exact) mass is 406 g/mol. The first-order chi connectivity index (χ1) is 14.2. The molecule has 0 spiro atoms. The summed E-state index contributed by atoms with van der Waals surface area (Å²) in [6, 6.07) is 11.8. The van der Waals surface area contributed by atoms with Gasteiger partial charge in [-0.15, -0.1) is 0 Å². The molecule has 0 bridgehead atoms. The number of benzene rings is 1. The van der Waals surface area contributed by atoms with E-state index < -0.39 is 0 Å². The van der Waals surface area contributed by atoms with Gasteiger partial charge in [-0.3, -0.25) is 4.79 Å². The zero-order valence-electron chi connectivity index (χ0n) is 16.3. The molecule has 1 aliphatic rings. The maximum Gasteiger partial charge on any atom is 0.294 e. The normalized spacial score (nSPS) is 14.6. The number of fused-ring (bicyclic) bond motifs is 1. The summed E-state index contributed by atoms with van der Waals surface area (Å²) in [4.78, 5) is 20.3. The highest BCUT2D eigenvalue weighted by Crippen LogP contribution is 2.34. The van der Waals surface area contributed by atoms with Crippen molar-refractivity contribution in [3.63, 3.8) is 0 Å². The number of aryl methyl sites for hydroxylation is 1. The minimum Gasteiger partial charge on any atom is -0.463 e. The minimum absolute atomic E-state index is 0.155. The van der Waals surface area contributed by atoms with E-state index in [9.17, 15) is 4.79 Å². The number of anilines is 1. The fourth-order valence-corrected chi connectivity index (χ4v) is 4.90. The fourth-order valence-electron chi connectivity index (χ4n) is 3.80. The average molecular weight is 407 g/mol. The van der Waals surface area contributed by atoms with Gasteiger partial charge in [0, 0.05) is 13.1 Å². The van der Waals surface area contributed by atoms with Crippen molar-refractivity contribution in [3.8, 4) is 11.5 Å². The van der Waals surface area contributed by atoms with E-state index in [2.05, 4.69) is 4.90 Å². The maximum absolute atomic E-state index is 13.3. The summed E-state index contributed by atoms with van der Waals surface area (Å²) in [5.41, 5.74) is 3.20. The van der Waals surface area contributed by atoms with Crippen LogP contribution >= 0.6 is 11.3 Å². The van der Waals surface area contributed by atoms with Gasteiger partial charge in [0.1, 0.15) is 5.69 Å². The Labute approximate surface area is 172 Å². The number of piperidine rings is 1. The van der Waals surface area contributed by atoms with Crippen molar-refractivity contribution in [1.82, 2.24) is 14.8 Å². The van der Waals surface area contributed by atoms with Crippen molar-refractivity contribution in [2.24, 2.45) is 0 Å². The van der Waals surface area contributed by atoms with Crippen molar-refractivity contribution in [3.05, 3.63) is 64.1 Å². The van der Waals surface area contributed by atoms with E-state index in [-0.39, 0.29) is 5.56 Å². The summed E-state index contributed by atoms with van der Waals surface area (Å²) in [5, 5.41) is 5.60. The molecule has 1 fully saturated rings. The highest BCUT2D eigenvalue weighted by Gasteiger charge is 2.22. The fraction of sp³-hybridized carbons (Fsp3) is 0.318. The molecule has 7 heteroatoms. The number of furan rings is 1. The van der Waals surface area contributed by atoms with Crippen LogP contribution in [0.15, 0.2) is 51.9 Å². The van der Waals surface area contributed by atoms with Crippen molar-refractivity contribution in [1.29, 1.82) is 0 Å². The van der Waals surface area contributed by atoms with Gasteiger partial charge in [-0.1, -0.05) is 35.6 Å². The topological polar surface area (TPSA) is 64.2 Å². The zero-order chi connectivity index (χ0) is 19.8. The van der Waals surface area contributed by atoms with Gasteiger partial charge in [0.2, 0.25) is 0 Å². The smallest absolute Gasteiger partial charge is 0.294 e. The van der Waals surface area contributed by atoms with Gasteiger partial charge in [0.25, 0.3) is 5.56 Å². The summed E-state index contributed by atoms with van der Waals surface area (Å²) in [5.74, 6) is 0.655. The first kappa shape index (κ1) is 18.1. The van der Waals surface area contributed by atoms with Gasteiger partial charge in [-0.05, 0) is 49.4 Å². The molecule has 3 aromatic heterocycles. The van der Waals surface area contributed by atoms with Crippen LogP contribution < -0.4 is 10.5 Å². The van der Waals surface area contributed by atoms with E-state index in [1.165, 1.54) is 22.4 Å². The largest absolute Gasteiger partial charge is 0.463 e. The van der Waals surface area contributed by atoms with Crippen LogP contribution in [0.1, 0.15) is 30.4 Å². The van der Waals surface area contributed by atoms with Crippen molar-refractivity contribution in [2.75, 3.05) is 18.0 Å². The summed E-state index contributed by atoms with van der Waals surface area (Å²) < 4.78 is 7.95. The molecule has 0 atom stereocenters. The molecular weight excluding hydrogens is 384 g/mol. The maximum atomic E-state index is 13.3. The van der Waals surface area contributed by atoms with Crippen LogP contribution in [0.2, 0.25) is 0 Å². The molecule has 6 nitrogen and oxygen atoms in total. The predicted octanol–water partition coefficient (Wildman–Crippen LogP) is 4.46. The van der Waals surface area contributed by atoms with Crippen LogP contribution in [-0.4, -0.2) is 27.9 Å². The Kier molecular flexibility index (Phi) is 4.67. The quantitative estimate of drug-likeness (QED) is 0.501. The lowest BCUT2D eigenvalue weighted by molar-refractivity contribution is 0.571. The second kappa shape index (κ2) is 7.48. The molecule has 29 heavy (non-hydrogen) atoms. The van der Waals surface area contributed by atoms with Crippen LogP contribution in [0.4, 0.5) is 5.13 Å². The zero-order valence-corrected chi connectivity index (χ0v) is 17.1. The van der Waals surface area contributed by atoms with Gasteiger partial charge in [0.15, 0.2) is 16.4 Å². The van der Waals surface area contributed by atoms with Crippen molar-refractivity contribution < 1.29 is 4.42 Å². The summed E-state index contributed by atoms with van der Waals surface area (Å²) in [7, 11) is 0. The Hall–Kier alpha value is -2.93. The van der Waals surface area contributed by atoms with Gasteiger partial charge in [-0.25, -0.2) is 9.67 Å². The SMILES string of the molecule is Cc1ccccc1Cn1nc(-c2ccco2)c2sc(N3CCCCC3)nc2c1=O. The third-order valence-electron chi connectivity index (χ3n) is 5.45. The lowest BCUT2D eigenvalue weighted by atomic mass is 10.1. The Morgan fingerprint density at radius 2 is 1.93 bits per heavy atom.